The number of nitrogens with one attached hydrogen (secondary N) is 2. The van der Waals surface area contributed by atoms with E-state index in [1.165, 1.54) is 45.6 Å². The number of hydrogen-bond acceptors (Lipinski definition) is 8. The molecule has 39 heavy (non-hydrogen) atoms. The molecule has 10 nitrogen and oxygen atoms in total. The van der Waals surface area contributed by atoms with Gasteiger partial charge in [0.15, 0.2) is 23.4 Å². The quantitative estimate of drug-likeness (QED) is 0.257. The van der Waals surface area contributed by atoms with Crippen molar-refractivity contribution in [3.63, 3.8) is 0 Å². The number of hydrogen-bond donors (Lipinski definition) is 2. The monoisotopic (exact) mass is 530 g/mol. The number of rotatable bonds is 10. The third kappa shape index (κ3) is 6.75. The summed E-state index contributed by atoms with van der Waals surface area (Å²) in [7, 11) is 2.82. The van der Waals surface area contributed by atoms with Crippen molar-refractivity contribution in [2.75, 3.05) is 24.9 Å². The van der Waals surface area contributed by atoms with Gasteiger partial charge in [-0.2, -0.15) is 0 Å². The molecule has 2 N–H and O–H groups in total. The molecule has 0 radical (unpaired) electrons. The fourth-order valence-corrected chi connectivity index (χ4v) is 3.50. The number of carbonyl (C=O) groups excluding carboxylic acids is 3. The summed E-state index contributed by atoms with van der Waals surface area (Å²) >= 11 is 0. The molecule has 0 fully saturated rings. The van der Waals surface area contributed by atoms with Gasteiger partial charge in [-0.3, -0.25) is 9.59 Å². The lowest BCUT2D eigenvalue weighted by atomic mass is 10.1. The lowest BCUT2D eigenvalue weighted by molar-refractivity contribution is -0.123. The number of carbonyl (C=O) groups is 3. The van der Waals surface area contributed by atoms with Gasteiger partial charge in [0, 0.05) is 17.8 Å². The average Bonchev–Trinajstić information content (AvgIpc) is 3.50. The first-order chi connectivity index (χ1) is 18.9. The Morgan fingerprint density at radius 2 is 1.46 bits per heavy atom. The first kappa shape index (κ1) is 26.8. The molecule has 4 aromatic rings. The van der Waals surface area contributed by atoms with Crippen LogP contribution in [0.1, 0.15) is 27.8 Å². The molecule has 2 amide bonds. The van der Waals surface area contributed by atoms with Gasteiger partial charge in [-0.15, -0.1) is 0 Å². The van der Waals surface area contributed by atoms with Crippen molar-refractivity contribution in [2.45, 2.75) is 13.0 Å². The van der Waals surface area contributed by atoms with Gasteiger partial charge < -0.3 is 34.0 Å². The molecule has 0 bridgehead atoms. The van der Waals surface area contributed by atoms with Crippen LogP contribution in [0, 0.1) is 0 Å². The van der Waals surface area contributed by atoms with E-state index in [1.54, 1.807) is 30.3 Å². The van der Waals surface area contributed by atoms with Crippen molar-refractivity contribution in [3.05, 3.63) is 96.4 Å². The number of amides is 2. The van der Waals surface area contributed by atoms with Gasteiger partial charge in [0.1, 0.15) is 11.5 Å². The van der Waals surface area contributed by atoms with E-state index < -0.39 is 23.9 Å². The molecule has 1 unspecified atom stereocenters. The minimum absolute atomic E-state index is 0.0389. The van der Waals surface area contributed by atoms with Crippen molar-refractivity contribution in [2.24, 2.45) is 0 Å². The van der Waals surface area contributed by atoms with Gasteiger partial charge in [0.05, 0.1) is 31.7 Å². The Morgan fingerprint density at radius 3 is 2.10 bits per heavy atom. The molecule has 3 aromatic carbocycles. The van der Waals surface area contributed by atoms with E-state index in [1.807, 2.05) is 30.3 Å². The molecular weight excluding hydrogens is 504 g/mol. The smallest absolute Gasteiger partial charge is 0.341 e. The highest BCUT2D eigenvalue weighted by Crippen LogP contribution is 2.34. The second-order valence-corrected chi connectivity index (χ2v) is 8.16. The summed E-state index contributed by atoms with van der Waals surface area (Å²) in [6.07, 6.45) is 0.183. The predicted octanol–water partition coefficient (Wildman–Crippen LogP) is 5.53. The minimum atomic E-state index is -1.17. The molecule has 1 aromatic heterocycles. The van der Waals surface area contributed by atoms with E-state index in [0.717, 1.165) is 0 Å². The lowest BCUT2D eigenvalue weighted by Crippen LogP contribution is -2.30. The number of para-hydroxylation sites is 1. The summed E-state index contributed by atoms with van der Waals surface area (Å²) in [5.41, 5.74) is 0.524. The standard InChI is InChI=1S/C29H26N2O8/c1-18(27(32)30-19-11-13-21(14-12-19)39-20-8-5-4-6-9-20)38-29(34)22-16-25(35-2)26(36-3)17-23(22)31-28(33)24-10-7-15-37-24/h4-18H,1-3H3,(H,30,32)(H,31,33). The number of esters is 1. The maximum absolute atomic E-state index is 13.1. The summed E-state index contributed by atoms with van der Waals surface area (Å²) in [5, 5.41) is 5.30. The van der Waals surface area contributed by atoms with Crippen LogP contribution in [0.4, 0.5) is 11.4 Å². The lowest BCUT2D eigenvalue weighted by Gasteiger charge is -2.17. The molecule has 4 rings (SSSR count). The second-order valence-electron chi connectivity index (χ2n) is 8.16. The molecular formula is C29H26N2O8. The van der Waals surface area contributed by atoms with Gasteiger partial charge in [0.25, 0.3) is 11.8 Å². The van der Waals surface area contributed by atoms with E-state index in [4.69, 9.17) is 23.4 Å². The van der Waals surface area contributed by atoms with Crippen LogP contribution in [0.2, 0.25) is 0 Å². The van der Waals surface area contributed by atoms with Crippen LogP contribution in [0.25, 0.3) is 0 Å². The van der Waals surface area contributed by atoms with Crippen molar-refractivity contribution >= 4 is 29.2 Å². The Balaban J connectivity index is 1.44. The Labute approximate surface area is 224 Å². The van der Waals surface area contributed by atoms with Gasteiger partial charge in [-0.05, 0) is 55.5 Å². The Morgan fingerprint density at radius 1 is 0.795 bits per heavy atom. The average molecular weight is 531 g/mol. The molecule has 0 saturated heterocycles. The largest absolute Gasteiger partial charge is 0.493 e. The SMILES string of the molecule is COc1cc(NC(=O)c2ccco2)c(C(=O)OC(C)C(=O)Nc2ccc(Oc3ccccc3)cc2)cc1OC. The van der Waals surface area contributed by atoms with Crippen LogP contribution >= 0.6 is 0 Å². The van der Waals surface area contributed by atoms with Crippen molar-refractivity contribution in [1.29, 1.82) is 0 Å². The highest BCUT2D eigenvalue weighted by atomic mass is 16.5. The summed E-state index contributed by atoms with van der Waals surface area (Å²) in [6, 6.07) is 21.8. The second kappa shape index (κ2) is 12.3. The molecule has 0 spiro atoms. The Hall–Kier alpha value is -5.25. The molecule has 1 atom stereocenters. The molecule has 0 saturated carbocycles. The Bertz CT molecular complexity index is 1430. The molecule has 1 heterocycles. The molecule has 200 valence electrons. The molecule has 10 heteroatoms. The topological polar surface area (TPSA) is 125 Å². The summed E-state index contributed by atoms with van der Waals surface area (Å²) in [6.45, 7) is 1.43. The first-order valence-electron chi connectivity index (χ1n) is 11.8. The van der Waals surface area contributed by atoms with Crippen molar-refractivity contribution < 1.29 is 37.7 Å². The van der Waals surface area contributed by atoms with Crippen LogP contribution in [0.15, 0.2) is 89.5 Å². The minimum Gasteiger partial charge on any atom is -0.493 e. The number of ether oxygens (including phenoxy) is 4. The van der Waals surface area contributed by atoms with Crippen LogP contribution in [-0.4, -0.2) is 38.1 Å². The maximum atomic E-state index is 13.1. The van der Waals surface area contributed by atoms with E-state index in [0.29, 0.717) is 17.2 Å². The first-order valence-corrected chi connectivity index (χ1v) is 11.8. The fourth-order valence-electron chi connectivity index (χ4n) is 3.50. The predicted molar refractivity (Wildman–Crippen MR) is 143 cm³/mol. The van der Waals surface area contributed by atoms with Crippen LogP contribution in [-0.2, 0) is 9.53 Å². The summed E-state index contributed by atoms with van der Waals surface area (Å²) < 4.78 is 26.8. The van der Waals surface area contributed by atoms with Crippen LogP contribution < -0.4 is 24.8 Å². The number of methoxy groups -OCH3 is 2. The maximum Gasteiger partial charge on any atom is 0.341 e. The zero-order valence-electron chi connectivity index (χ0n) is 21.4. The summed E-state index contributed by atoms with van der Waals surface area (Å²) in [4.78, 5) is 38.4. The van der Waals surface area contributed by atoms with Crippen molar-refractivity contribution in [3.8, 4) is 23.0 Å². The zero-order chi connectivity index (χ0) is 27.8. The van der Waals surface area contributed by atoms with Gasteiger partial charge in [0.2, 0.25) is 0 Å². The van der Waals surface area contributed by atoms with Crippen LogP contribution in [0.5, 0.6) is 23.0 Å². The highest BCUT2D eigenvalue weighted by Gasteiger charge is 2.25. The molecule has 0 aliphatic rings. The number of furan rings is 1. The molecule has 0 aliphatic heterocycles. The van der Waals surface area contributed by atoms with Crippen molar-refractivity contribution in [1.82, 2.24) is 0 Å². The van der Waals surface area contributed by atoms with Gasteiger partial charge in [-0.25, -0.2) is 4.79 Å². The number of anilines is 2. The zero-order valence-corrected chi connectivity index (χ0v) is 21.4. The van der Waals surface area contributed by atoms with E-state index >= 15 is 0 Å². The molecule has 0 aliphatic carbocycles. The third-order valence-electron chi connectivity index (χ3n) is 5.49. The van der Waals surface area contributed by atoms with Gasteiger partial charge >= 0.3 is 5.97 Å². The fraction of sp³-hybridized carbons (Fsp3) is 0.138. The summed E-state index contributed by atoms with van der Waals surface area (Å²) in [5.74, 6) is -0.184. The number of benzene rings is 3. The van der Waals surface area contributed by atoms with E-state index in [2.05, 4.69) is 10.6 Å². The van der Waals surface area contributed by atoms with Crippen LogP contribution in [0.3, 0.4) is 0 Å². The highest BCUT2D eigenvalue weighted by molar-refractivity contribution is 6.07. The van der Waals surface area contributed by atoms with Gasteiger partial charge in [-0.1, -0.05) is 18.2 Å². The van der Waals surface area contributed by atoms with E-state index in [9.17, 15) is 14.4 Å². The van der Waals surface area contributed by atoms with E-state index in [-0.39, 0.29) is 28.5 Å². The third-order valence-corrected chi connectivity index (χ3v) is 5.49. The Kier molecular flexibility index (Phi) is 8.47. The normalized spacial score (nSPS) is 11.2.